The summed E-state index contributed by atoms with van der Waals surface area (Å²) in [5, 5.41) is 6.17. The number of hydrogen-bond donors (Lipinski definition) is 3. The van der Waals surface area contributed by atoms with E-state index in [0.29, 0.717) is 6.42 Å². The monoisotopic (exact) mass is 892 g/mol. The highest BCUT2D eigenvalue weighted by molar-refractivity contribution is 7.80. The van der Waals surface area contributed by atoms with Gasteiger partial charge in [-0.2, -0.15) is 12.6 Å². The van der Waals surface area contributed by atoms with Crippen molar-refractivity contribution in [3.8, 4) is 0 Å². The van der Waals surface area contributed by atoms with Crippen LogP contribution in [0.25, 0.3) is 0 Å². The number of carbonyl (C=O) groups is 1. The fourth-order valence-electron chi connectivity index (χ4n) is 6.55. The number of aryl methyl sites for hydroxylation is 1. The van der Waals surface area contributed by atoms with Gasteiger partial charge < -0.3 is 10.6 Å². The Morgan fingerprint density at radius 1 is 0.703 bits per heavy atom. The summed E-state index contributed by atoms with van der Waals surface area (Å²) in [6, 6.07) is 25.4. The van der Waals surface area contributed by atoms with Crippen molar-refractivity contribution < 1.29 is 4.79 Å². The van der Waals surface area contributed by atoms with E-state index in [0.717, 1.165) is 132 Å². The van der Waals surface area contributed by atoms with Crippen molar-refractivity contribution in [2.75, 3.05) is 32.4 Å². The molecule has 0 fully saturated rings. The highest BCUT2D eigenvalue weighted by Crippen LogP contribution is 2.21. The second-order valence-corrected chi connectivity index (χ2v) is 17.2. The third-order valence-electron chi connectivity index (χ3n) is 9.89. The second kappa shape index (κ2) is 39.0. The molecule has 0 aliphatic carbocycles. The standard InChI is InChI=1S/C43H54N6O.C6H15N.C4H10.C2H6S/c1-4-6-8-22-43(50)47-26-13-7-9-18-37-27-38(31-48(30-36(3)17-5-2)33-40-19-10-14-23-44-40)29-39(28-37)32-49(34-41-20-11-15-24-45-41)35-42-21-12-16-25-46-42;1-6(2)4-5-7-3;1-3-4-2;1-2-3/h4-5,10-12,14-16,19-21,23-25,27-29H,1-3,6-9,13,17-18,22,26,30-35H2,(H,47,50);6-7H,4-5H2,1-3H3;3-4H2,1-2H3;3H,2H2,1H3. The summed E-state index contributed by atoms with van der Waals surface area (Å²) in [5.74, 6) is 1.92. The van der Waals surface area contributed by atoms with Crippen LogP contribution in [-0.2, 0) is 43.9 Å². The van der Waals surface area contributed by atoms with E-state index in [1.54, 1.807) is 0 Å². The van der Waals surface area contributed by atoms with Crippen LogP contribution >= 0.6 is 12.6 Å². The molecule has 0 radical (unpaired) electrons. The van der Waals surface area contributed by atoms with E-state index in [-0.39, 0.29) is 5.91 Å². The third kappa shape index (κ3) is 30.6. The van der Waals surface area contributed by atoms with Crippen LogP contribution in [0.2, 0.25) is 0 Å². The van der Waals surface area contributed by atoms with Gasteiger partial charge in [0, 0.05) is 70.8 Å². The minimum atomic E-state index is 0.135. The molecule has 0 spiro atoms. The van der Waals surface area contributed by atoms with Crippen LogP contribution in [0.15, 0.2) is 129 Å². The van der Waals surface area contributed by atoms with Crippen LogP contribution in [0.1, 0.15) is 133 Å². The zero-order valence-corrected chi connectivity index (χ0v) is 41.6. The lowest BCUT2D eigenvalue weighted by molar-refractivity contribution is -0.121. The molecule has 3 aromatic heterocycles. The van der Waals surface area contributed by atoms with Crippen LogP contribution < -0.4 is 10.6 Å². The van der Waals surface area contributed by atoms with Gasteiger partial charge in [0.15, 0.2) is 0 Å². The van der Waals surface area contributed by atoms with Crippen molar-refractivity contribution in [2.45, 2.75) is 138 Å². The number of allylic oxidation sites excluding steroid dienone is 2. The van der Waals surface area contributed by atoms with Gasteiger partial charge in [0.1, 0.15) is 0 Å². The zero-order valence-electron chi connectivity index (χ0n) is 40.7. The fourth-order valence-corrected chi connectivity index (χ4v) is 6.55. The van der Waals surface area contributed by atoms with Gasteiger partial charge in [-0.3, -0.25) is 29.5 Å². The number of thiol groups is 1. The highest BCUT2D eigenvalue weighted by atomic mass is 32.1. The molecule has 0 atom stereocenters. The number of aromatic nitrogens is 3. The molecule has 0 aliphatic rings. The van der Waals surface area contributed by atoms with Gasteiger partial charge in [0.05, 0.1) is 17.1 Å². The van der Waals surface area contributed by atoms with Crippen LogP contribution in [0.3, 0.4) is 0 Å². The van der Waals surface area contributed by atoms with Gasteiger partial charge in [-0.1, -0.05) is 115 Å². The Morgan fingerprint density at radius 2 is 1.22 bits per heavy atom. The van der Waals surface area contributed by atoms with Gasteiger partial charge in [0.25, 0.3) is 0 Å². The van der Waals surface area contributed by atoms with Crippen molar-refractivity contribution >= 4 is 18.5 Å². The van der Waals surface area contributed by atoms with E-state index in [1.165, 1.54) is 36.0 Å². The van der Waals surface area contributed by atoms with Gasteiger partial charge in [-0.15, -0.1) is 13.2 Å². The van der Waals surface area contributed by atoms with Gasteiger partial charge in [-0.25, -0.2) is 0 Å². The number of unbranched alkanes of at least 4 members (excludes halogenated alkanes) is 4. The number of rotatable bonds is 28. The highest BCUT2D eigenvalue weighted by Gasteiger charge is 2.15. The summed E-state index contributed by atoms with van der Waals surface area (Å²) in [7, 11) is 1.99. The number of carbonyl (C=O) groups excluding carboxylic acids is 1. The zero-order chi connectivity index (χ0) is 47.0. The molecule has 2 N–H and O–H groups in total. The Hall–Kier alpha value is -4.41. The number of nitrogens with one attached hydrogen (secondary N) is 2. The molecule has 0 unspecified atom stereocenters. The number of benzene rings is 1. The first kappa shape index (κ1) is 57.6. The van der Waals surface area contributed by atoms with E-state index in [9.17, 15) is 4.79 Å². The third-order valence-corrected chi connectivity index (χ3v) is 9.89. The molecule has 0 saturated heterocycles. The Morgan fingerprint density at radius 3 is 1.66 bits per heavy atom. The average Bonchev–Trinajstić information content (AvgIpc) is 3.28. The molecule has 352 valence electrons. The Bertz CT molecular complexity index is 1710. The molecule has 1 amide bonds. The summed E-state index contributed by atoms with van der Waals surface area (Å²) >= 11 is 3.79. The topological polar surface area (TPSA) is 86.3 Å². The minimum absolute atomic E-state index is 0.135. The van der Waals surface area contributed by atoms with E-state index in [4.69, 9.17) is 0 Å². The predicted molar refractivity (Wildman–Crippen MR) is 278 cm³/mol. The fraction of sp³-hybridized carbons (Fsp3) is 0.491. The lowest BCUT2D eigenvalue weighted by Crippen LogP contribution is -2.26. The summed E-state index contributed by atoms with van der Waals surface area (Å²) < 4.78 is 0. The van der Waals surface area contributed by atoms with E-state index in [1.807, 2.05) is 81.1 Å². The summed E-state index contributed by atoms with van der Waals surface area (Å²) in [5.41, 5.74) is 8.15. The number of amides is 1. The van der Waals surface area contributed by atoms with Crippen molar-refractivity contribution in [3.63, 3.8) is 0 Å². The first-order valence-corrected chi connectivity index (χ1v) is 24.4. The van der Waals surface area contributed by atoms with Gasteiger partial charge >= 0.3 is 0 Å². The largest absolute Gasteiger partial charge is 0.356 e. The number of hydrogen-bond acceptors (Lipinski definition) is 8. The van der Waals surface area contributed by atoms with Crippen molar-refractivity contribution in [1.29, 1.82) is 0 Å². The van der Waals surface area contributed by atoms with Crippen molar-refractivity contribution in [2.24, 2.45) is 5.92 Å². The van der Waals surface area contributed by atoms with Crippen LogP contribution in [-0.4, -0.2) is 63.1 Å². The normalized spacial score (nSPS) is 10.5. The molecule has 8 nitrogen and oxygen atoms in total. The smallest absolute Gasteiger partial charge is 0.220 e. The Kier molecular flexibility index (Phi) is 35.1. The number of nitrogens with zero attached hydrogens (tertiary/aromatic N) is 5. The second-order valence-electron chi connectivity index (χ2n) is 16.6. The van der Waals surface area contributed by atoms with Crippen molar-refractivity contribution in [1.82, 2.24) is 35.4 Å². The van der Waals surface area contributed by atoms with Crippen LogP contribution in [0, 0.1) is 5.92 Å². The quantitative estimate of drug-likeness (QED) is 0.0297. The summed E-state index contributed by atoms with van der Waals surface area (Å²) in [6.45, 7) is 29.2. The molecule has 1 aromatic carbocycles. The first-order valence-electron chi connectivity index (χ1n) is 23.8. The summed E-state index contributed by atoms with van der Waals surface area (Å²) in [4.78, 5) is 30.8. The van der Waals surface area contributed by atoms with Gasteiger partial charge in [-0.05, 0) is 123 Å². The predicted octanol–water partition coefficient (Wildman–Crippen LogP) is 12.4. The lowest BCUT2D eigenvalue weighted by Gasteiger charge is -2.25. The van der Waals surface area contributed by atoms with Gasteiger partial charge in [0.2, 0.25) is 5.91 Å². The Labute approximate surface area is 396 Å². The number of pyridine rings is 3. The van der Waals surface area contributed by atoms with E-state index < -0.39 is 0 Å². The lowest BCUT2D eigenvalue weighted by atomic mass is 9.99. The molecule has 64 heavy (non-hydrogen) atoms. The van der Waals surface area contributed by atoms with E-state index >= 15 is 0 Å². The maximum atomic E-state index is 12.1. The molecule has 0 bridgehead atoms. The maximum Gasteiger partial charge on any atom is 0.220 e. The van der Waals surface area contributed by atoms with Crippen LogP contribution in [0.4, 0.5) is 0 Å². The minimum Gasteiger partial charge on any atom is -0.356 e. The molecule has 4 aromatic rings. The van der Waals surface area contributed by atoms with Crippen molar-refractivity contribution in [3.05, 3.63) is 163 Å². The summed E-state index contributed by atoms with van der Waals surface area (Å²) in [6.07, 6.45) is 20.5. The average molecular weight is 892 g/mol. The van der Waals surface area contributed by atoms with Crippen LogP contribution in [0.5, 0.6) is 0 Å². The maximum absolute atomic E-state index is 12.1. The molecular formula is C55H85N7OS. The molecule has 0 saturated carbocycles. The molecule has 4 rings (SSSR count). The Balaban J connectivity index is 0.00000127. The SMILES string of the molecule is C=CCCCC(=O)NCCCCCc1cc(CN(CC(=C)CC=C)Cc2ccccn2)cc(CN(Cc2ccccn2)Cc2ccccn2)c1.CCCC.CCS.CNCCC(C)C. The first-order chi connectivity index (χ1) is 31.1. The van der Waals surface area contributed by atoms with E-state index in [2.05, 4.69) is 132 Å². The molecule has 3 heterocycles. The molecular weight excluding hydrogens is 807 g/mol. The molecule has 9 heteroatoms. The molecule has 0 aliphatic heterocycles.